The summed E-state index contributed by atoms with van der Waals surface area (Å²) in [4.78, 5) is 21.5. The van der Waals surface area contributed by atoms with Gasteiger partial charge in [0.1, 0.15) is 12.9 Å². The number of hydrogen-bond donors (Lipinski definition) is 0. The molecular formula is C13H13FO4. The number of aldehydes is 1. The Bertz CT molecular complexity index is 480. The van der Waals surface area contributed by atoms with Crippen LogP contribution in [0.4, 0.5) is 4.39 Å². The summed E-state index contributed by atoms with van der Waals surface area (Å²) >= 11 is 0. The molecule has 0 bridgehead atoms. The lowest BCUT2D eigenvalue weighted by molar-refractivity contribution is -0.136. The largest absolute Gasteiger partial charge is 0.486 e. The molecule has 0 spiro atoms. The summed E-state index contributed by atoms with van der Waals surface area (Å²) in [5.41, 5.74) is 0.614. The van der Waals surface area contributed by atoms with Crippen molar-refractivity contribution in [1.29, 1.82) is 0 Å². The van der Waals surface area contributed by atoms with Crippen LogP contribution < -0.4 is 4.74 Å². The normalized spacial score (nSPS) is 10.9. The predicted molar refractivity (Wildman–Crippen MR) is 63.1 cm³/mol. The Hall–Kier alpha value is -2.17. The predicted octanol–water partition coefficient (Wildman–Crippen LogP) is 2.14. The molecule has 0 saturated heterocycles. The molecule has 0 aliphatic rings. The Kier molecular flexibility index (Phi) is 5.05. The third kappa shape index (κ3) is 3.69. The topological polar surface area (TPSA) is 52.6 Å². The second-order valence-electron chi connectivity index (χ2n) is 3.50. The van der Waals surface area contributed by atoms with E-state index < -0.39 is 11.8 Å². The molecule has 0 aliphatic heterocycles. The Balaban J connectivity index is 2.64. The van der Waals surface area contributed by atoms with E-state index >= 15 is 0 Å². The van der Waals surface area contributed by atoms with Crippen molar-refractivity contribution in [2.24, 2.45) is 0 Å². The number of rotatable bonds is 5. The van der Waals surface area contributed by atoms with Crippen molar-refractivity contribution in [2.45, 2.75) is 6.92 Å². The maximum Gasteiger partial charge on any atom is 0.333 e. The van der Waals surface area contributed by atoms with Gasteiger partial charge in [-0.1, -0.05) is 0 Å². The lowest BCUT2D eigenvalue weighted by atomic mass is 10.2. The summed E-state index contributed by atoms with van der Waals surface area (Å²) in [7, 11) is 1.28. The number of benzene rings is 1. The van der Waals surface area contributed by atoms with Crippen LogP contribution in [0.25, 0.3) is 0 Å². The highest BCUT2D eigenvalue weighted by molar-refractivity contribution is 5.87. The van der Waals surface area contributed by atoms with Crippen LogP contribution in [0.2, 0.25) is 0 Å². The minimum absolute atomic E-state index is 0.0227. The average Bonchev–Trinajstić information content (AvgIpc) is 2.39. The zero-order valence-electron chi connectivity index (χ0n) is 10.1. The first-order valence-corrected chi connectivity index (χ1v) is 5.21. The van der Waals surface area contributed by atoms with Crippen LogP contribution in [0.5, 0.6) is 5.75 Å². The first-order valence-electron chi connectivity index (χ1n) is 5.21. The highest BCUT2D eigenvalue weighted by Gasteiger charge is 2.05. The molecule has 5 heteroatoms. The smallest absolute Gasteiger partial charge is 0.333 e. The lowest BCUT2D eigenvalue weighted by Gasteiger charge is -2.05. The minimum atomic E-state index is -0.622. The molecule has 1 aromatic rings. The first kappa shape index (κ1) is 13.9. The molecule has 0 radical (unpaired) electrons. The van der Waals surface area contributed by atoms with Crippen molar-refractivity contribution in [1.82, 2.24) is 0 Å². The number of hydrogen-bond acceptors (Lipinski definition) is 4. The summed E-state index contributed by atoms with van der Waals surface area (Å²) < 4.78 is 23.0. The number of carbonyl (C=O) groups excluding carboxylic acids is 2. The van der Waals surface area contributed by atoms with Gasteiger partial charge in [-0.05, 0) is 31.2 Å². The van der Waals surface area contributed by atoms with Crippen molar-refractivity contribution < 1.29 is 23.5 Å². The minimum Gasteiger partial charge on any atom is -0.486 e. The average molecular weight is 252 g/mol. The molecule has 0 saturated carbocycles. The van der Waals surface area contributed by atoms with Crippen molar-refractivity contribution in [3.8, 4) is 5.75 Å². The third-order valence-corrected chi connectivity index (χ3v) is 2.23. The van der Waals surface area contributed by atoms with E-state index in [9.17, 15) is 14.0 Å². The second kappa shape index (κ2) is 6.54. The van der Waals surface area contributed by atoms with Crippen LogP contribution in [0, 0.1) is 5.82 Å². The van der Waals surface area contributed by atoms with E-state index in [-0.39, 0.29) is 17.9 Å². The Labute approximate surface area is 104 Å². The van der Waals surface area contributed by atoms with Gasteiger partial charge in [0.05, 0.1) is 7.11 Å². The zero-order valence-corrected chi connectivity index (χ0v) is 10.1. The lowest BCUT2D eigenvalue weighted by Crippen LogP contribution is -2.04. The van der Waals surface area contributed by atoms with Crippen LogP contribution in [0.15, 0.2) is 29.8 Å². The van der Waals surface area contributed by atoms with Crippen LogP contribution in [0.3, 0.4) is 0 Å². The van der Waals surface area contributed by atoms with Gasteiger partial charge in [0.25, 0.3) is 0 Å². The SMILES string of the molecule is COC(=O)/C(C)=C/COc1ccc(C=O)cc1F. The molecule has 1 aromatic carbocycles. The fourth-order valence-corrected chi connectivity index (χ4v) is 1.21. The van der Waals surface area contributed by atoms with Gasteiger partial charge in [0.2, 0.25) is 0 Å². The molecule has 0 atom stereocenters. The molecule has 1 rings (SSSR count). The van der Waals surface area contributed by atoms with E-state index in [0.29, 0.717) is 11.9 Å². The van der Waals surface area contributed by atoms with E-state index in [0.717, 1.165) is 6.07 Å². The van der Waals surface area contributed by atoms with Crippen LogP contribution in [-0.2, 0) is 9.53 Å². The first-order chi connectivity index (χ1) is 8.58. The maximum atomic E-state index is 13.4. The van der Waals surface area contributed by atoms with E-state index in [1.54, 1.807) is 6.92 Å². The van der Waals surface area contributed by atoms with E-state index in [1.807, 2.05) is 0 Å². The van der Waals surface area contributed by atoms with Gasteiger partial charge in [0, 0.05) is 11.1 Å². The molecular weight excluding hydrogens is 239 g/mol. The highest BCUT2D eigenvalue weighted by Crippen LogP contribution is 2.17. The second-order valence-corrected chi connectivity index (χ2v) is 3.50. The fourth-order valence-electron chi connectivity index (χ4n) is 1.21. The van der Waals surface area contributed by atoms with Gasteiger partial charge in [-0.25, -0.2) is 9.18 Å². The number of esters is 1. The Morgan fingerprint density at radius 2 is 2.17 bits per heavy atom. The van der Waals surface area contributed by atoms with Crippen molar-refractivity contribution >= 4 is 12.3 Å². The molecule has 4 nitrogen and oxygen atoms in total. The molecule has 0 aliphatic carbocycles. The molecule has 0 aromatic heterocycles. The number of ether oxygens (including phenoxy) is 2. The van der Waals surface area contributed by atoms with Gasteiger partial charge in [-0.15, -0.1) is 0 Å². The summed E-state index contributed by atoms with van der Waals surface area (Å²) in [6.45, 7) is 1.61. The van der Waals surface area contributed by atoms with Crippen molar-refractivity contribution in [3.05, 3.63) is 41.2 Å². The highest BCUT2D eigenvalue weighted by atomic mass is 19.1. The molecule has 96 valence electrons. The zero-order chi connectivity index (χ0) is 13.5. The fraction of sp³-hybridized carbons (Fsp3) is 0.231. The van der Waals surface area contributed by atoms with Crippen molar-refractivity contribution in [3.63, 3.8) is 0 Å². The van der Waals surface area contributed by atoms with Crippen molar-refractivity contribution in [2.75, 3.05) is 13.7 Å². The third-order valence-electron chi connectivity index (χ3n) is 2.23. The summed E-state index contributed by atoms with van der Waals surface area (Å²) in [5, 5.41) is 0. The van der Waals surface area contributed by atoms with Gasteiger partial charge in [-0.3, -0.25) is 4.79 Å². The molecule has 0 N–H and O–H groups in total. The summed E-state index contributed by atoms with van der Waals surface area (Å²) in [6.07, 6.45) is 2.03. The van der Waals surface area contributed by atoms with Crippen LogP contribution >= 0.6 is 0 Å². The Morgan fingerprint density at radius 1 is 1.44 bits per heavy atom. The molecule has 0 heterocycles. The summed E-state index contributed by atoms with van der Waals surface area (Å²) in [6, 6.07) is 3.89. The number of carbonyl (C=O) groups is 2. The monoisotopic (exact) mass is 252 g/mol. The van der Waals surface area contributed by atoms with Crippen LogP contribution in [0.1, 0.15) is 17.3 Å². The van der Waals surface area contributed by atoms with E-state index in [2.05, 4.69) is 4.74 Å². The van der Waals surface area contributed by atoms with Gasteiger partial charge >= 0.3 is 5.97 Å². The number of methoxy groups -OCH3 is 1. The molecule has 0 fully saturated rings. The van der Waals surface area contributed by atoms with E-state index in [4.69, 9.17) is 4.74 Å². The van der Waals surface area contributed by atoms with Gasteiger partial charge in [-0.2, -0.15) is 0 Å². The maximum absolute atomic E-state index is 13.4. The molecule has 18 heavy (non-hydrogen) atoms. The van der Waals surface area contributed by atoms with Gasteiger partial charge in [0.15, 0.2) is 11.6 Å². The van der Waals surface area contributed by atoms with E-state index in [1.165, 1.54) is 25.3 Å². The molecule has 0 amide bonds. The molecule has 0 unspecified atom stereocenters. The Morgan fingerprint density at radius 3 is 2.72 bits per heavy atom. The van der Waals surface area contributed by atoms with Crippen LogP contribution in [-0.4, -0.2) is 26.0 Å². The standard InChI is InChI=1S/C13H13FO4/c1-9(13(16)17-2)5-6-18-12-4-3-10(8-15)7-11(12)14/h3-5,7-8H,6H2,1-2H3/b9-5+. The number of halogens is 1. The van der Waals surface area contributed by atoms with Gasteiger partial charge < -0.3 is 9.47 Å². The summed E-state index contributed by atoms with van der Waals surface area (Å²) in [5.74, 6) is -1.06. The quantitative estimate of drug-likeness (QED) is 0.457.